The zero-order valence-corrected chi connectivity index (χ0v) is 11.4. The predicted octanol–water partition coefficient (Wildman–Crippen LogP) is 2.90. The summed E-state index contributed by atoms with van der Waals surface area (Å²) in [6.07, 6.45) is 0. The van der Waals surface area contributed by atoms with Gasteiger partial charge in [0.2, 0.25) is 0 Å². The molecule has 82 valence electrons. The van der Waals surface area contributed by atoms with Gasteiger partial charge in [-0.2, -0.15) is 0 Å². The molecule has 0 amide bonds. The van der Waals surface area contributed by atoms with Gasteiger partial charge >= 0.3 is 111 Å². The number of hydrogen-bond acceptors (Lipinski definition) is 2. The van der Waals surface area contributed by atoms with E-state index in [1.165, 1.54) is 12.1 Å². The van der Waals surface area contributed by atoms with E-state index in [9.17, 15) is 4.39 Å². The molecule has 0 spiro atoms. The van der Waals surface area contributed by atoms with Gasteiger partial charge in [-0.1, -0.05) is 0 Å². The van der Waals surface area contributed by atoms with Crippen molar-refractivity contribution in [3.63, 3.8) is 0 Å². The first-order valence-electron chi connectivity index (χ1n) is 5.08. The minimum absolute atomic E-state index is 0.227. The molecule has 3 rings (SSSR count). The molecule has 3 aromatic rings. The second-order valence-electron chi connectivity index (χ2n) is 3.68. The standard InChI is InChI=1S/C13H7AsFNS/c14-9-4-5-12-11(7-9)16-13(17-12)8-2-1-3-10(15)6-8/h1-7H. The van der Waals surface area contributed by atoms with Crippen LogP contribution < -0.4 is 4.35 Å². The van der Waals surface area contributed by atoms with Crippen molar-refractivity contribution in [3.05, 3.63) is 48.3 Å². The van der Waals surface area contributed by atoms with Crippen LogP contribution in [0.3, 0.4) is 0 Å². The van der Waals surface area contributed by atoms with Crippen molar-refractivity contribution in [2.75, 3.05) is 0 Å². The quantitative estimate of drug-likeness (QED) is 0.630. The third-order valence-corrected chi connectivity index (χ3v) is 4.11. The Labute approximate surface area is 111 Å². The van der Waals surface area contributed by atoms with Crippen LogP contribution in [0.25, 0.3) is 20.8 Å². The summed E-state index contributed by atoms with van der Waals surface area (Å²) in [7, 11) is 0. The van der Waals surface area contributed by atoms with Gasteiger partial charge in [-0.25, -0.2) is 0 Å². The normalized spacial score (nSPS) is 10.9. The van der Waals surface area contributed by atoms with Crippen molar-refractivity contribution in [2.45, 2.75) is 0 Å². The van der Waals surface area contributed by atoms with Gasteiger partial charge in [0.15, 0.2) is 0 Å². The molecule has 0 saturated carbocycles. The molecule has 0 fully saturated rings. The average Bonchev–Trinajstić information content (AvgIpc) is 2.72. The number of benzene rings is 2. The van der Waals surface area contributed by atoms with E-state index in [-0.39, 0.29) is 5.82 Å². The molecule has 1 heterocycles. The fraction of sp³-hybridized carbons (Fsp3) is 0. The molecule has 2 radical (unpaired) electrons. The van der Waals surface area contributed by atoms with Crippen LogP contribution in [0, 0.1) is 5.82 Å². The fourth-order valence-electron chi connectivity index (χ4n) is 1.66. The number of halogens is 1. The Morgan fingerprint density at radius 2 is 2.00 bits per heavy atom. The summed E-state index contributed by atoms with van der Waals surface area (Å²) in [6.45, 7) is 0. The topological polar surface area (TPSA) is 12.9 Å². The van der Waals surface area contributed by atoms with E-state index in [2.05, 4.69) is 21.8 Å². The second kappa shape index (κ2) is 4.24. The van der Waals surface area contributed by atoms with Crippen LogP contribution >= 0.6 is 11.3 Å². The Morgan fingerprint density at radius 1 is 1.12 bits per heavy atom. The van der Waals surface area contributed by atoms with Gasteiger partial charge in [0.25, 0.3) is 0 Å². The summed E-state index contributed by atoms with van der Waals surface area (Å²) in [4.78, 5) is 4.53. The predicted molar refractivity (Wildman–Crippen MR) is 70.4 cm³/mol. The van der Waals surface area contributed by atoms with Gasteiger partial charge < -0.3 is 0 Å². The average molecular weight is 303 g/mol. The summed E-state index contributed by atoms with van der Waals surface area (Å²) in [5.41, 5.74) is 1.80. The Hall–Kier alpha value is -1.18. The third kappa shape index (κ3) is 2.13. The summed E-state index contributed by atoms with van der Waals surface area (Å²) in [5.74, 6) is -0.227. The second-order valence-corrected chi connectivity index (χ2v) is 5.80. The van der Waals surface area contributed by atoms with Crippen molar-refractivity contribution < 1.29 is 4.39 Å². The van der Waals surface area contributed by atoms with Crippen LogP contribution in [0.1, 0.15) is 0 Å². The molecule has 2 aromatic carbocycles. The van der Waals surface area contributed by atoms with Gasteiger partial charge in [-0.05, 0) is 0 Å². The Kier molecular flexibility index (Phi) is 2.73. The minimum atomic E-state index is -0.227. The van der Waals surface area contributed by atoms with Crippen LogP contribution in [0.15, 0.2) is 42.5 Å². The zero-order chi connectivity index (χ0) is 11.8. The van der Waals surface area contributed by atoms with Gasteiger partial charge in [-0.15, -0.1) is 0 Å². The number of nitrogens with zero attached hydrogens (tertiary/aromatic N) is 1. The van der Waals surface area contributed by atoms with Crippen molar-refractivity contribution in [2.24, 2.45) is 0 Å². The first-order chi connectivity index (χ1) is 8.22. The van der Waals surface area contributed by atoms with E-state index < -0.39 is 0 Å². The zero-order valence-electron chi connectivity index (χ0n) is 8.72. The molecular weight excluding hydrogens is 296 g/mol. The molecule has 4 heteroatoms. The first kappa shape index (κ1) is 10.9. The van der Waals surface area contributed by atoms with E-state index in [0.717, 1.165) is 25.1 Å². The molecule has 0 saturated heterocycles. The maximum absolute atomic E-state index is 13.1. The van der Waals surface area contributed by atoms with Crippen LogP contribution in [-0.2, 0) is 0 Å². The molecule has 1 aromatic heterocycles. The van der Waals surface area contributed by atoms with Crippen molar-refractivity contribution >= 4 is 42.8 Å². The van der Waals surface area contributed by atoms with Gasteiger partial charge in [0, 0.05) is 0 Å². The van der Waals surface area contributed by atoms with E-state index in [0.29, 0.717) is 0 Å². The monoisotopic (exact) mass is 303 g/mol. The van der Waals surface area contributed by atoms with Gasteiger partial charge in [0.05, 0.1) is 0 Å². The Balaban J connectivity index is 2.18. The van der Waals surface area contributed by atoms with E-state index in [1.807, 2.05) is 24.3 Å². The number of thiazole rings is 1. The van der Waals surface area contributed by atoms with E-state index in [4.69, 9.17) is 0 Å². The Bertz CT molecular complexity index is 693. The van der Waals surface area contributed by atoms with Gasteiger partial charge in [-0.3, -0.25) is 0 Å². The molecule has 0 aliphatic rings. The van der Waals surface area contributed by atoms with Crippen LogP contribution in [-0.4, -0.2) is 21.8 Å². The molecular formula is C13H7AsFNS. The molecule has 0 N–H and O–H groups in total. The SMILES string of the molecule is Fc1cccc(-c2nc3cc([As])ccc3s2)c1. The first-order valence-corrected chi connectivity index (χ1v) is 6.83. The summed E-state index contributed by atoms with van der Waals surface area (Å²) < 4.78 is 15.4. The number of fused-ring (bicyclic) bond motifs is 1. The van der Waals surface area contributed by atoms with E-state index in [1.54, 1.807) is 17.4 Å². The van der Waals surface area contributed by atoms with Crippen LogP contribution in [0.5, 0.6) is 0 Å². The van der Waals surface area contributed by atoms with Crippen molar-refractivity contribution in [1.29, 1.82) is 0 Å². The third-order valence-electron chi connectivity index (χ3n) is 2.44. The molecule has 0 atom stereocenters. The summed E-state index contributed by atoms with van der Waals surface area (Å²) in [5, 5.41) is 0.859. The molecule has 0 aliphatic carbocycles. The van der Waals surface area contributed by atoms with Gasteiger partial charge in [0.1, 0.15) is 0 Å². The number of rotatable bonds is 1. The molecule has 1 nitrogen and oxygen atoms in total. The summed E-state index contributed by atoms with van der Waals surface area (Å²) >= 11 is 4.08. The molecule has 0 unspecified atom stereocenters. The number of hydrogen-bond donors (Lipinski definition) is 0. The number of aromatic nitrogens is 1. The molecule has 0 bridgehead atoms. The van der Waals surface area contributed by atoms with Crippen molar-refractivity contribution in [1.82, 2.24) is 4.98 Å². The fourth-order valence-corrected chi connectivity index (χ4v) is 3.02. The van der Waals surface area contributed by atoms with Crippen LogP contribution in [0.2, 0.25) is 0 Å². The Morgan fingerprint density at radius 3 is 2.82 bits per heavy atom. The molecule has 17 heavy (non-hydrogen) atoms. The summed E-state index contributed by atoms with van der Waals surface area (Å²) in [6, 6.07) is 12.6. The van der Waals surface area contributed by atoms with Crippen molar-refractivity contribution in [3.8, 4) is 10.6 Å². The van der Waals surface area contributed by atoms with Crippen LogP contribution in [0.4, 0.5) is 4.39 Å². The molecule has 0 aliphatic heterocycles. The maximum atomic E-state index is 13.1. The van der Waals surface area contributed by atoms with E-state index >= 15 is 0 Å².